The van der Waals surface area contributed by atoms with Gasteiger partial charge in [-0.2, -0.15) is 0 Å². The number of likely N-dealkylation sites (tertiary alicyclic amines) is 1. The second-order valence-corrected chi connectivity index (χ2v) is 5.15. The molecule has 0 bridgehead atoms. The van der Waals surface area contributed by atoms with Crippen LogP contribution < -0.4 is 5.32 Å². The molecular weight excluding hydrogens is 220 g/mol. The summed E-state index contributed by atoms with van der Waals surface area (Å²) in [5.74, 6) is 0. The molecule has 0 aliphatic carbocycles. The third-order valence-corrected chi connectivity index (χ3v) is 2.99. The maximum absolute atomic E-state index is 11.4. The molecule has 5 heteroatoms. The van der Waals surface area contributed by atoms with Crippen LogP contribution in [0, 0.1) is 0 Å². The maximum Gasteiger partial charge on any atom is 0.407 e. The topological polar surface area (TPSA) is 61.8 Å². The number of rotatable bonds is 3. The van der Waals surface area contributed by atoms with Crippen molar-refractivity contribution in [3.8, 4) is 0 Å². The van der Waals surface area contributed by atoms with Crippen LogP contribution in [0.25, 0.3) is 0 Å². The highest BCUT2D eigenvalue weighted by atomic mass is 16.6. The van der Waals surface area contributed by atoms with Crippen molar-refractivity contribution < 1.29 is 14.6 Å². The molecule has 0 spiro atoms. The summed E-state index contributed by atoms with van der Waals surface area (Å²) in [5.41, 5.74) is 0. The molecule has 1 aliphatic heterocycles. The molecule has 0 aromatic heterocycles. The van der Waals surface area contributed by atoms with E-state index in [-0.39, 0.29) is 12.1 Å². The Hall–Kier alpha value is -0.810. The molecule has 1 aliphatic rings. The molecule has 2 atom stereocenters. The Morgan fingerprint density at radius 1 is 1.41 bits per heavy atom. The highest BCUT2D eigenvalue weighted by Gasteiger charge is 2.30. The molecule has 2 unspecified atom stereocenters. The Balaban J connectivity index is 2.39. The van der Waals surface area contributed by atoms with Gasteiger partial charge in [-0.1, -0.05) is 0 Å². The molecule has 0 aromatic rings. The Morgan fingerprint density at radius 3 is 2.53 bits per heavy atom. The van der Waals surface area contributed by atoms with Crippen LogP contribution in [0.15, 0.2) is 0 Å². The highest BCUT2D eigenvalue weighted by Crippen LogP contribution is 2.14. The van der Waals surface area contributed by atoms with Crippen molar-refractivity contribution in [1.29, 1.82) is 0 Å². The lowest BCUT2D eigenvalue weighted by Gasteiger charge is -2.38. The molecule has 1 amide bonds. The fourth-order valence-corrected chi connectivity index (χ4v) is 1.99. The van der Waals surface area contributed by atoms with Crippen molar-refractivity contribution >= 4 is 6.09 Å². The van der Waals surface area contributed by atoms with Crippen LogP contribution in [-0.2, 0) is 4.74 Å². The number of aliphatic hydroxyl groups is 1. The predicted octanol–water partition coefficient (Wildman–Crippen LogP) is 0.965. The fourth-order valence-electron chi connectivity index (χ4n) is 1.99. The maximum atomic E-state index is 11.4. The molecule has 2 N–H and O–H groups in total. The quantitative estimate of drug-likeness (QED) is 0.776. The van der Waals surface area contributed by atoms with E-state index in [1.54, 1.807) is 13.8 Å². The van der Waals surface area contributed by atoms with Gasteiger partial charge in [0, 0.05) is 19.1 Å². The van der Waals surface area contributed by atoms with Crippen LogP contribution in [0.3, 0.4) is 0 Å². The van der Waals surface area contributed by atoms with Crippen LogP contribution in [0.1, 0.15) is 34.1 Å². The van der Waals surface area contributed by atoms with Gasteiger partial charge in [0.2, 0.25) is 0 Å². The number of aliphatic hydroxyl groups excluding tert-OH is 1. The van der Waals surface area contributed by atoms with Gasteiger partial charge in [0.25, 0.3) is 0 Å². The first kappa shape index (κ1) is 14.3. The van der Waals surface area contributed by atoms with Gasteiger partial charge in [0.1, 0.15) is 0 Å². The Morgan fingerprint density at radius 2 is 2.06 bits per heavy atom. The Kier molecular flexibility index (Phi) is 5.21. The molecule has 1 fully saturated rings. The first-order chi connectivity index (χ1) is 7.90. The van der Waals surface area contributed by atoms with Gasteiger partial charge in [0.05, 0.1) is 18.2 Å². The number of carbonyl (C=O) groups is 1. The number of carbonyl (C=O) groups excluding carboxylic acids is 1. The number of β-amino-alcohol motifs (C(OH)–C–C–N with tert-alkyl or cyclic N) is 1. The number of nitrogens with zero attached hydrogens (tertiary/aromatic N) is 1. The number of hydrogen-bond donors (Lipinski definition) is 2. The molecule has 1 heterocycles. The smallest absolute Gasteiger partial charge is 0.407 e. The zero-order valence-corrected chi connectivity index (χ0v) is 11.1. The van der Waals surface area contributed by atoms with Gasteiger partial charge in [-0.25, -0.2) is 4.79 Å². The highest BCUT2D eigenvalue weighted by molar-refractivity contribution is 5.67. The minimum atomic E-state index is -0.522. The molecule has 1 rings (SSSR count). The largest absolute Gasteiger partial charge is 0.447 e. The van der Waals surface area contributed by atoms with Crippen molar-refractivity contribution in [2.45, 2.75) is 58.4 Å². The minimum absolute atomic E-state index is 0.136. The average Bonchev–Trinajstić information content (AvgIpc) is 2.19. The molecule has 5 nitrogen and oxygen atoms in total. The van der Waals surface area contributed by atoms with Crippen molar-refractivity contribution in [1.82, 2.24) is 10.2 Å². The van der Waals surface area contributed by atoms with E-state index in [1.807, 2.05) is 0 Å². The molecule has 0 aromatic carbocycles. The Labute approximate surface area is 103 Å². The number of ether oxygens (including phenoxy) is 1. The van der Waals surface area contributed by atoms with Crippen LogP contribution >= 0.6 is 0 Å². The van der Waals surface area contributed by atoms with E-state index in [9.17, 15) is 9.90 Å². The van der Waals surface area contributed by atoms with Crippen molar-refractivity contribution in [3.05, 3.63) is 0 Å². The van der Waals surface area contributed by atoms with Gasteiger partial charge in [-0.05, 0) is 34.1 Å². The van der Waals surface area contributed by atoms with Crippen molar-refractivity contribution in [2.24, 2.45) is 0 Å². The number of hydrogen-bond acceptors (Lipinski definition) is 4. The van der Waals surface area contributed by atoms with Gasteiger partial charge < -0.3 is 15.2 Å². The van der Waals surface area contributed by atoms with E-state index >= 15 is 0 Å². The lowest BCUT2D eigenvalue weighted by molar-refractivity contribution is 0.0232. The molecule has 17 heavy (non-hydrogen) atoms. The lowest BCUT2D eigenvalue weighted by Crippen LogP contribution is -2.55. The van der Waals surface area contributed by atoms with E-state index < -0.39 is 12.2 Å². The van der Waals surface area contributed by atoms with Gasteiger partial charge >= 0.3 is 6.09 Å². The van der Waals surface area contributed by atoms with Crippen LogP contribution in [-0.4, -0.2) is 53.5 Å². The van der Waals surface area contributed by atoms with E-state index in [4.69, 9.17) is 4.74 Å². The summed E-state index contributed by atoms with van der Waals surface area (Å²) in [7, 11) is 0. The molecule has 0 radical (unpaired) electrons. The van der Waals surface area contributed by atoms with E-state index in [1.165, 1.54) is 0 Å². The van der Waals surface area contributed by atoms with Gasteiger partial charge in [-0.3, -0.25) is 4.90 Å². The first-order valence-corrected chi connectivity index (χ1v) is 6.29. The predicted molar refractivity (Wildman–Crippen MR) is 65.9 cm³/mol. The number of piperidine rings is 1. The second kappa shape index (κ2) is 6.21. The van der Waals surface area contributed by atoms with Gasteiger partial charge in [0.15, 0.2) is 0 Å². The summed E-state index contributed by atoms with van der Waals surface area (Å²) < 4.78 is 5.00. The average molecular weight is 244 g/mol. The van der Waals surface area contributed by atoms with E-state index in [2.05, 4.69) is 24.1 Å². The lowest BCUT2D eigenvalue weighted by atomic mass is 10.0. The molecule has 100 valence electrons. The molecule has 1 saturated heterocycles. The van der Waals surface area contributed by atoms with Crippen LogP contribution in [0.2, 0.25) is 0 Å². The van der Waals surface area contributed by atoms with Gasteiger partial charge in [-0.15, -0.1) is 0 Å². The first-order valence-electron chi connectivity index (χ1n) is 6.29. The van der Waals surface area contributed by atoms with Crippen LogP contribution in [0.5, 0.6) is 0 Å². The second-order valence-electron chi connectivity index (χ2n) is 5.15. The number of amides is 1. The third kappa shape index (κ3) is 4.52. The summed E-state index contributed by atoms with van der Waals surface area (Å²) in [6, 6.07) is 0.226. The van der Waals surface area contributed by atoms with E-state index in [0.29, 0.717) is 12.6 Å². The fraction of sp³-hybridized carbons (Fsp3) is 0.917. The summed E-state index contributed by atoms with van der Waals surface area (Å²) in [6.07, 6.45) is -0.345. The standard InChI is InChI=1S/C12H24N2O3/c1-8(2)14-6-5-10(11(15)7-14)13-12(16)17-9(3)4/h8-11,15H,5-7H2,1-4H3,(H,13,16). The molecular formula is C12H24N2O3. The zero-order valence-electron chi connectivity index (χ0n) is 11.1. The summed E-state index contributed by atoms with van der Waals surface area (Å²) >= 11 is 0. The normalized spacial score (nSPS) is 26.3. The van der Waals surface area contributed by atoms with Crippen molar-refractivity contribution in [2.75, 3.05) is 13.1 Å². The summed E-state index contributed by atoms with van der Waals surface area (Å²) in [6.45, 7) is 9.31. The minimum Gasteiger partial charge on any atom is -0.447 e. The number of nitrogens with one attached hydrogen (secondary N) is 1. The number of alkyl carbamates (subject to hydrolysis) is 1. The van der Waals surface area contributed by atoms with Crippen LogP contribution in [0.4, 0.5) is 4.79 Å². The third-order valence-electron chi connectivity index (χ3n) is 2.99. The Bertz CT molecular complexity index is 256. The SMILES string of the molecule is CC(C)OC(=O)NC1CCN(C(C)C)CC1O. The molecule has 0 saturated carbocycles. The monoisotopic (exact) mass is 244 g/mol. The zero-order chi connectivity index (χ0) is 13.0. The van der Waals surface area contributed by atoms with Crippen molar-refractivity contribution in [3.63, 3.8) is 0 Å². The summed E-state index contributed by atoms with van der Waals surface area (Å²) in [5, 5.41) is 12.7. The van der Waals surface area contributed by atoms with E-state index in [0.717, 1.165) is 13.0 Å². The summed E-state index contributed by atoms with van der Waals surface area (Å²) in [4.78, 5) is 13.6.